The molecule has 8 heteroatoms. The normalized spacial score (nSPS) is 13.2. The highest BCUT2D eigenvalue weighted by Gasteiger charge is 2.27. The number of benzene rings is 3. The minimum Gasteiger partial charge on any atom is -0.495 e. The van der Waals surface area contributed by atoms with Gasteiger partial charge in [0.25, 0.3) is 0 Å². The van der Waals surface area contributed by atoms with E-state index in [-0.39, 0.29) is 22.4 Å². The van der Waals surface area contributed by atoms with Crippen molar-refractivity contribution in [3.05, 3.63) is 95.0 Å². The number of methoxy groups -OCH3 is 1. The average Bonchev–Trinajstić information content (AvgIpc) is 2.79. The molecule has 0 aliphatic heterocycles. The Hall–Kier alpha value is -2.87. The molecule has 0 radical (unpaired) electrons. The van der Waals surface area contributed by atoms with Crippen molar-refractivity contribution in [2.75, 3.05) is 7.11 Å². The largest absolute Gasteiger partial charge is 0.495 e. The van der Waals surface area contributed by atoms with Gasteiger partial charge in [-0.05, 0) is 42.7 Å². The van der Waals surface area contributed by atoms with Crippen LogP contribution in [0.3, 0.4) is 0 Å². The maximum atomic E-state index is 13.1. The van der Waals surface area contributed by atoms with Gasteiger partial charge in [-0.1, -0.05) is 72.3 Å². The van der Waals surface area contributed by atoms with Crippen molar-refractivity contribution in [3.63, 3.8) is 0 Å². The first-order valence-electron chi connectivity index (χ1n) is 10.1. The third kappa shape index (κ3) is 6.09. The number of amides is 1. The van der Waals surface area contributed by atoms with Crippen LogP contribution >= 0.6 is 11.6 Å². The first-order chi connectivity index (χ1) is 15.3. The summed E-state index contributed by atoms with van der Waals surface area (Å²) in [5.41, 5.74) is 1.75. The molecular formula is C24H25ClN2O4S. The van der Waals surface area contributed by atoms with Gasteiger partial charge >= 0.3 is 0 Å². The summed E-state index contributed by atoms with van der Waals surface area (Å²) in [6.45, 7) is 1.85. The van der Waals surface area contributed by atoms with Crippen molar-refractivity contribution in [2.24, 2.45) is 0 Å². The number of ether oxygens (including phenoxy) is 1. The van der Waals surface area contributed by atoms with E-state index < -0.39 is 22.0 Å². The van der Waals surface area contributed by atoms with Crippen LogP contribution in [-0.4, -0.2) is 27.5 Å². The number of sulfonamides is 1. The Balaban J connectivity index is 1.85. The van der Waals surface area contributed by atoms with Gasteiger partial charge in [-0.3, -0.25) is 4.79 Å². The Bertz CT molecular complexity index is 1160. The van der Waals surface area contributed by atoms with Gasteiger partial charge in [0, 0.05) is 0 Å². The summed E-state index contributed by atoms with van der Waals surface area (Å²) in [6, 6.07) is 21.6. The third-order valence-corrected chi connectivity index (χ3v) is 6.75. The minimum absolute atomic E-state index is 0.0507. The fourth-order valence-electron chi connectivity index (χ4n) is 3.25. The van der Waals surface area contributed by atoms with Gasteiger partial charge in [-0.2, -0.15) is 4.72 Å². The molecule has 0 saturated carbocycles. The topological polar surface area (TPSA) is 84.5 Å². The lowest BCUT2D eigenvalue weighted by molar-refractivity contribution is -0.123. The number of rotatable bonds is 9. The quantitative estimate of drug-likeness (QED) is 0.490. The predicted octanol–water partition coefficient (Wildman–Crippen LogP) is 4.12. The van der Waals surface area contributed by atoms with Gasteiger partial charge in [0.05, 0.1) is 23.1 Å². The van der Waals surface area contributed by atoms with Crippen LogP contribution < -0.4 is 14.8 Å². The smallest absolute Gasteiger partial charge is 0.241 e. The van der Waals surface area contributed by atoms with Crippen molar-refractivity contribution < 1.29 is 17.9 Å². The molecule has 0 aliphatic rings. The summed E-state index contributed by atoms with van der Waals surface area (Å²) in [5, 5.41) is 3.07. The Morgan fingerprint density at radius 1 is 1.00 bits per heavy atom. The summed E-state index contributed by atoms with van der Waals surface area (Å²) in [6.07, 6.45) is 0.192. The van der Waals surface area contributed by atoms with Gasteiger partial charge in [0.1, 0.15) is 11.8 Å². The zero-order valence-electron chi connectivity index (χ0n) is 17.8. The van der Waals surface area contributed by atoms with E-state index in [2.05, 4.69) is 10.0 Å². The third-order valence-electron chi connectivity index (χ3n) is 4.99. The van der Waals surface area contributed by atoms with Crippen molar-refractivity contribution >= 4 is 27.5 Å². The van der Waals surface area contributed by atoms with E-state index in [9.17, 15) is 13.2 Å². The molecule has 3 rings (SSSR count). The zero-order chi connectivity index (χ0) is 23.1. The zero-order valence-corrected chi connectivity index (χ0v) is 19.4. The highest BCUT2D eigenvalue weighted by molar-refractivity contribution is 7.89. The summed E-state index contributed by atoms with van der Waals surface area (Å²) in [5.74, 6) is -0.0609. The molecular weight excluding hydrogens is 448 g/mol. The van der Waals surface area contributed by atoms with E-state index in [1.807, 2.05) is 67.6 Å². The Labute approximate surface area is 193 Å². The van der Waals surface area contributed by atoms with E-state index >= 15 is 0 Å². The molecule has 0 unspecified atom stereocenters. The summed E-state index contributed by atoms with van der Waals surface area (Å²) in [7, 11) is -2.58. The van der Waals surface area contributed by atoms with Gasteiger partial charge in [0.2, 0.25) is 15.9 Å². The van der Waals surface area contributed by atoms with Gasteiger partial charge < -0.3 is 10.1 Å². The van der Waals surface area contributed by atoms with Crippen molar-refractivity contribution in [3.8, 4) is 5.75 Å². The first-order valence-corrected chi connectivity index (χ1v) is 11.9. The standard InChI is InChI=1S/C24H25ClN2O4S/c1-17(19-11-7-4-8-12-19)26-24(28)22(15-18-9-5-3-6-10-18)27-32(29,30)20-13-14-23(31-2)21(25)16-20/h3-14,16-17,22,27H,15H2,1-2H3,(H,26,28)/t17-,22+/m0/s1. The molecule has 32 heavy (non-hydrogen) atoms. The molecule has 0 heterocycles. The molecule has 0 saturated heterocycles. The van der Waals surface area contributed by atoms with Crippen LogP contribution in [0.2, 0.25) is 5.02 Å². The van der Waals surface area contributed by atoms with E-state index in [1.165, 1.54) is 25.3 Å². The predicted molar refractivity (Wildman–Crippen MR) is 125 cm³/mol. The van der Waals surface area contributed by atoms with Gasteiger partial charge in [-0.15, -0.1) is 0 Å². The highest BCUT2D eigenvalue weighted by atomic mass is 35.5. The lowest BCUT2D eigenvalue weighted by Gasteiger charge is -2.22. The second kappa shape index (κ2) is 10.6. The molecule has 0 bridgehead atoms. The summed E-state index contributed by atoms with van der Waals surface area (Å²) >= 11 is 6.10. The Morgan fingerprint density at radius 2 is 1.62 bits per heavy atom. The molecule has 2 N–H and O–H groups in total. The molecule has 0 aliphatic carbocycles. The number of halogens is 1. The fraction of sp³-hybridized carbons (Fsp3) is 0.208. The monoisotopic (exact) mass is 472 g/mol. The SMILES string of the molecule is COc1ccc(S(=O)(=O)N[C@H](Cc2ccccc2)C(=O)N[C@@H](C)c2ccccc2)cc1Cl. The van der Waals surface area contributed by atoms with Crippen LogP contribution in [0.5, 0.6) is 5.75 Å². The number of hydrogen-bond donors (Lipinski definition) is 2. The van der Waals surface area contributed by atoms with E-state index in [4.69, 9.17) is 16.3 Å². The summed E-state index contributed by atoms with van der Waals surface area (Å²) < 4.78 is 33.7. The number of hydrogen-bond acceptors (Lipinski definition) is 4. The molecule has 0 spiro atoms. The molecule has 1 amide bonds. The van der Waals surface area contributed by atoms with Crippen LogP contribution in [0, 0.1) is 0 Å². The first kappa shape index (κ1) is 23.8. The number of nitrogens with one attached hydrogen (secondary N) is 2. The molecule has 6 nitrogen and oxygen atoms in total. The lowest BCUT2D eigenvalue weighted by atomic mass is 10.0. The van der Waals surface area contributed by atoms with Crippen molar-refractivity contribution in [1.29, 1.82) is 0 Å². The molecule has 2 atom stereocenters. The van der Waals surface area contributed by atoms with Gasteiger partial charge in [0.15, 0.2) is 0 Å². The molecule has 3 aromatic rings. The van der Waals surface area contributed by atoms with Crippen LogP contribution in [0.15, 0.2) is 83.8 Å². The fourth-order valence-corrected chi connectivity index (χ4v) is 4.79. The maximum Gasteiger partial charge on any atom is 0.241 e. The Morgan fingerprint density at radius 3 is 2.22 bits per heavy atom. The van der Waals surface area contributed by atoms with Crippen molar-refractivity contribution in [2.45, 2.75) is 30.3 Å². The minimum atomic E-state index is -4.02. The maximum absolute atomic E-state index is 13.1. The van der Waals surface area contributed by atoms with Crippen LogP contribution in [0.1, 0.15) is 24.1 Å². The van der Waals surface area contributed by atoms with Crippen LogP contribution in [0.4, 0.5) is 0 Å². The van der Waals surface area contributed by atoms with E-state index in [1.54, 1.807) is 0 Å². The molecule has 0 aromatic heterocycles. The number of carbonyl (C=O) groups excluding carboxylic acids is 1. The second-order valence-corrected chi connectivity index (χ2v) is 9.42. The lowest BCUT2D eigenvalue weighted by Crippen LogP contribution is -2.48. The van der Waals surface area contributed by atoms with Crippen molar-refractivity contribution in [1.82, 2.24) is 10.0 Å². The van der Waals surface area contributed by atoms with Gasteiger partial charge in [-0.25, -0.2) is 8.42 Å². The second-order valence-electron chi connectivity index (χ2n) is 7.30. The van der Waals surface area contributed by atoms with E-state index in [0.29, 0.717) is 5.75 Å². The average molecular weight is 473 g/mol. The summed E-state index contributed by atoms with van der Waals surface area (Å²) in [4.78, 5) is 13.1. The number of carbonyl (C=O) groups is 1. The van der Waals surface area contributed by atoms with Crippen LogP contribution in [0.25, 0.3) is 0 Å². The van der Waals surface area contributed by atoms with E-state index in [0.717, 1.165) is 11.1 Å². The molecule has 168 valence electrons. The Kier molecular flexibility index (Phi) is 7.90. The van der Waals surface area contributed by atoms with Crippen LogP contribution in [-0.2, 0) is 21.2 Å². The molecule has 3 aromatic carbocycles. The molecule has 0 fully saturated rings. The highest BCUT2D eigenvalue weighted by Crippen LogP contribution is 2.27.